The largest absolute Gasteiger partial charge is 0.198 e. The SMILES string of the molecule is [CH]c1ccccc1CC#N. The monoisotopic (exact) mass is 129 g/mol. The summed E-state index contributed by atoms with van der Waals surface area (Å²) >= 11 is 0. The summed E-state index contributed by atoms with van der Waals surface area (Å²) < 4.78 is 0. The molecule has 0 saturated heterocycles. The average Bonchev–Trinajstić information content (AvgIpc) is 1.94. The molecule has 1 aromatic rings. The van der Waals surface area contributed by atoms with E-state index >= 15 is 0 Å². The van der Waals surface area contributed by atoms with E-state index in [0.717, 1.165) is 5.56 Å². The molecule has 0 saturated carbocycles. The first-order chi connectivity index (χ1) is 4.84. The minimum Gasteiger partial charge on any atom is -0.198 e. The van der Waals surface area contributed by atoms with Gasteiger partial charge in [0.05, 0.1) is 12.5 Å². The Morgan fingerprint density at radius 1 is 1.40 bits per heavy atom. The van der Waals surface area contributed by atoms with Gasteiger partial charge in [-0.25, -0.2) is 0 Å². The van der Waals surface area contributed by atoms with Crippen LogP contribution in [-0.4, -0.2) is 0 Å². The first kappa shape index (κ1) is 6.82. The lowest BCUT2D eigenvalue weighted by atomic mass is 10.1. The Kier molecular flexibility index (Phi) is 2.07. The van der Waals surface area contributed by atoms with Gasteiger partial charge < -0.3 is 0 Å². The number of nitrogens with zero attached hydrogens (tertiary/aromatic N) is 1. The van der Waals surface area contributed by atoms with Gasteiger partial charge in [0.25, 0.3) is 0 Å². The van der Waals surface area contributed by atoms with Crippen LogP contribution in [0.2, 0.25) is 0 Å². The van der Waals surface area contributed by atoms with Crippen molar-refractivity contribution in [1.29, 1.82) is 5.26 Å². The average molecular weight is 129 g/mol. The van der Waals surface area contributed by atoms with Crippen LogP contribution in [0.15, 0.2) is 24.3 Å². The molecular weight excluding hydrogens is 122 g/mol. The molecule has 0 heterocycles. The van der Waals surface area contributed by atoms with Crippen LogP contribution in [0, 0.1) is 18.3 Å². The number of rotatable bonds is 1. The van der Waals surface area contributed by atoms with E-state index in [4.69, 9.17) is 12.2 Å². The van der Waals surface area contributed by atoms with E-state index in [9.17, 15) is 0 Å². The first-order valence-corrected chi connectivity index (χ1v) is 3.05. The fourth-order valence-electron chi connectivity index (χ4n) is 0.780. The quantitative estimate of drug-likeness (QED) is 0.567. The van der Waals surface area contributed by atoms with E-state index in [-0.39, 0.29) is 0 Å². The van der Waals surface area contributed by atoms with Gasteiger partial charge in [-0.1, -0.05) is 24.3 Å². The summed E-state index contributed by atoms with van der Waals surface area (Å²) in [5.41, 5.74) is 1.61. The summed E-state index contributed by atoms with van der Waals surface area (Å²) in [4.78, 5) is 0. The summed E-state index contributed by atoms with van der Waals surface area (Å²) in [6, 6.07) is 9.44. The zero-order valence-electron chi connectivity index (χ0n) is 5.54. The van der Waals surface area contributed by atoms with Gasteiger partial charge in [0.15, 0.2) is 0 Å². The fraction of sp³-hybridized carbons (Fsp3) is 0.111. The molecule has 1 rings (SSSR count). The third-order valence-corrected chi connectivity index (χ3v) is 1.32. The highest BCUT2D eigenvalue weighted by Crippen LogP contribution is 2.06. The lowest BCUT2D eigenvalue weighted by molar-refractivity contribution is 1.24. The summed E-state index contributed by atoms with van der Waals surface area (Å²) in [5, 5.41) is 8.34. The lowest BCUT2D eigenvalue weighted by Crippen LogP contribution is -1.84. The second kappa shape index (κ2) is 3.03. The van der Waals surface area contributed by atoms with Gasteiger partial charge in [0, 0.05) is 0 Å². The molecule has 0 amide bonds. The lowest BCUT2D eigenvalue weighted by Gasteiger charge is -1.96. The third-order valence-electron chi connectivity index (χ3n) is 1.32. The smallest absolute Gasteiger partial charge is 0.0669 e. The normalized spacial score (nSPS) is 8.80. The van der Waals surface area contributed by atoms with Crippen LogP contribution in [0.5, 0.6) is 0 Å². The highest BCUT2D eigenvalue weighted by molar-refractivity contribution is 5.31. The van der Waals surface area contributed by atoms with Gasteiger partial charge in [-0.3, -0.25) is 0 Å². The molecule has 0 aromatic heterocycles. The van der Waals surface area contributed by atoms with E-state index < -0.39 is 0 Å². The van der Waals surface area contributed by atoms with Gasteiger partial charge in [-0.2, -0.15) is 5.26 Å². The van der Waals surface area contributed by atoms with Crippen LogP contribution < -0.4 is 0 Å². The van der Waals surface area contributed by atoms with Gasteiger partial charge in [0.2, 0.25) is 0 Å². The van der Waals surface area contributed by atoms with Gasteiger partial charge in [-0.05, 0) is 18.1 Å². The zero-order valence-corrected chi connectivity index (χ0v) is 5.54. The Morgan fingerprint density at radius 2 is 2.10 bits per heavy atom. The van der Waals surface area contributed by atoms with E-state index in [1.54, 1.807) is 6.07 Å². The van der Waals surface area contributed by atoms with Crippen molar-refractivity contribution >= 4 is 0 Å². The van der Waals surface area contributed by atoms with Gasteiger partial charge in [0.1, 0.15) is 0 Å². The van der Waals surface area contributed by atoms with E-state index in [1.807, 2.05) is 24.3 Å². The Morgan fingerprint density at radius 3 is 2.70 bits per heavy atom. The molecule has 0 fully saturated rings. The van der Waals surface area contributed by atoms with Crippen LogP contribution in [0.25, 0.3) is 0 Å². The topological polar surface area (TPSA) is 23.8 Å². The van der Waals surface area contributed by atoms with Gasteiger partial charge >= 0.3 is 0 Å². The number of hydrogen-bond donors (Lipinski definition) is 0. The third kappa shape index (κ3) is 1.35. The minimum atomic E-state index is 0.396. The molecule has 10 heavy (non-hydrogen) atoms. The van der Waals surface area contributed by atoms with Crippen molar-refractivity contribution in [2.24, 2.45) is 0 Å². The molecular formula is C9H7N. The predicted octanol–water partition coefficient (Wildman–Crippen LogP) is 1.81. The van der Waals surface area contributed by atoms with Crippen LogP contribution in [0.3, 0.4) is 0 Å². The predicted molar refractivity (Wildman–Crippen MR) is 39.2 cm³/mol. The fourth-order valence-corrected chi connectivity index (χ4v) is 0.780. The van der Waals surface area contributed by atoms with Crippen molar-refractivity contribution in [3.63, 3.8) is 0 Å². The van der Waals surface area contributed by atoms with E-state index in [1.165, 1.54) is 0 Å². The summed E-state index contributed by atoms with van der Waals surface area (Å²) in [6.07, 6.45) is 0.396. The van der Waals surface area contributed by atoms with Gasteiger partial charge in [-0.15, -0.1) is 0 Å². The molecule has 0 aliphatic heterocycles. The van der Waals surface area contributed by atoms with Crippen LogP contribution in [0.4, 0.5) is 0 Å². The molecule has 0 bridgehead atoms. The molecule has 0 N–H and O–H groups in total. The van der Waals surface area contributed by atoms with Crippen molar-refractivity contribution in [3.05, 3.63) is 42.3 Å². The van der Waals surface area contributed by atoms with Crippen LogP contribution >= 0.6 is 0 Å². The Bertz CT molecular complexity index is 258. The maximum absolute atomic E-state index is 8.34. The van der Waals surface area contributed by atoms with Crippen molar-refractivity contribution < 1.29 is 0 Å². The van der Waals surface area contributed by atoms with E-state index in [0.29, 0.717) is 12.0 Å². The minimum absolute atomic E-state index is 0.396. The molecule has 0 aliphatic carbocycles. The van der Waals surface area contributed by atoms with E-state index in [2.05, 4.69) is 0 Å². The van der Waals surface area contributed by atoms with Crippen molar-refractivity contribution in [2.45, 2.75) is 6.42 Å². The Hall–Kier alpha value is -1.29. The Labute approximate surface area is 60.9 Å². The highest BCUT2D eigenvalue weighted by Gasteiger charge is 1.93. The number of nitriles is 1. The molecule has 0 aliphatic rings. The molecule has 0 spiro atoms. The molecule has 0 unspecified atom stereocenters. The molecule has 48 valence electrons. The molecule has 1 aromatic carbocycles. The van der Waals surface area contributed by atoms with Crippen LogP contribution in [0.1, 0.15) is 11.1 Å². The second-order valence-corrected chi connectivity index (χ2v) is 2.03. The molecule has 0 atom stereocenters. The summed E-state index contributed by atoms with van der Waals surface area (Å²) in [5.74, 6) is 0. The van der Waals surface area contributed by atoms with Crippen molar-refractivity contribution in [2.75, 3.05) is 0 Å². The maximum Gasteiger partial charge on any atom is 0.0669 e. The summed E-state index contributed by atoms with van der Waals surface area (Å²) in [7, 11) is 0. The molecule has 2 radical (unpaired) electrons. The van der Waals surface area contributed by atoms with Crippen LogP contribution in [-0.2, 0) is 6.42 Å². The standard InChI is InChI=1S/C9H7N/c1-8-4-2-3-5-9(8)6-7-10/h1-5H,6H2. The van der Waals surface area contributed by atoms with Crippen molar-refractivity contribution in [1.82, 2.24) is 0 Å². The van der Waals surface area contributed by atoms with Crippen molar-refractivity contribution in [3.8, 4) is 6.07 Å². The Balaban J connectivity index is 2.94. The zero-order chi connectivity index (χ0) is 7.40. The second-order valence-electron chi connectivity index (χ2n) is 2.03. The number of hydrogen-bond acceptors (Lipinski definition) is 1. The maximum atomic E-state index is 8.34. The first-order valence-electron chi connectivity index (χ1n) is 3.05. The molecule has 1 nitrogen and oxygen atoms in total. The molecule has 1 heteroatoms. The highest BCUT2D eigenvalue weighted by atomic mass is 14.2. The number of benzene rings is 1. The summed E-state index contributed by atoms with van der Waals surface area (Å²) in [6.45, 7) is 5.56.